The van der Waals surface area contributed by atoms with Crippen LogP contribution in [0.3, 0.4) is 0 Å². The fourth-order valence-electron chi connectivity index (χ4n) is 2.97. The predicted molar refractivity (Wildman–Crippen MR) is 89.9 cm³/mol. The summed E-state index contributed by atoms with van der Waals surface area (Å²) < 4.78 is 33.4. The van der Waals surface area contributed by atoms with Crippen LogP contribution in [-0.4, -0.2) is 20.5 Å². The standard InChI is InChI=1S/C18H19NO4S/c1-12-7-9-15(10-8-12)24(21,22)19-18-16-6-4-3-5-14(16)11-17(18)23-13(2)20/h3-10,17-19H,11H2,1-2H3/t17-,18+/m1/s1. The van der Waals surface area contributed by atoms with Crippen molar-refractivity contribution in [1.82, 2.24) is 4.72 Å². The SMILES string of the molecule is CC(=O)O[C@@H]1Cc2ccccc2[C@@H]1NS(=O)(=O)c1ccc(C)cc1. The number of carbonyl (C=O) groups excluding carboxylic acids is 1. The number of fused-ring (bicyclic) bond motifs is 1. The molecule has 0 heterocycles. The molecule has 0 aliphatic heterocycles. The van der Waals surface area contributed by atoms with Crippen LogP contribution in [0.1, 0.15) is 29.7 Å². The molecule has 0 radical (unpaired) electrons. The van der Waals surface area contributed by atoms with Crippen molar-refractivity contribution in [2.45, 2.75) is 37.3 Å². The van der Waals surface area contributed by atoms with Gasteiger partial charge in [-0.2, -0.15) is 4.72 Å². The molecule has 5 nitrogen and oxygen atoms in total. The van der Waals surface area contributed by atoms with Gasteiger partial charge in [0.15, 0.2) is 0 Å². The number of hydrogen-bond donors (Lipinski definition) is 1. The molecule has 0 bridgehead atoms. The molecule has 2 atom stereocenters. The monoisotopic (exact) mass is 345 g/mol. The second-order valence-corrected chi connectivity index (χ2v) is 7.68. The topological polar surface area (TPSA) is 72.5 Å². The third-order valence-corrected chi connectivity index (χ3v) is 5.57. The lowest BCUT2D eigenvalue weighted by Crippen LogP contribution is -2.36. The molecule has 0 spiro atoms. The Morgan fingerprint density at radius 3 is 2.46 bits per heavy atom. The summed E-state index contributed by atoms with van der Waals surface area (Å²) in [4.78, 5) is 11.6. The van der Waals surface area contributed by atoms with Crippen molar-refractivity contribution in [3.05, 3.63) is 65.2 Å². The Kier molecular flexibility index (Phi) is 4.43. The van der Waals surface area contributed by atoms with Crippen LogP contribution in [0.25, 0.3) is 0 Å². The number of carbonyl (C=O) groups is 1. The second-order valence-electron chi connectivity index (χ2n) is 5.96. The summed E-state index contributed by atoms with van der Waals surface area (Å²) in [6.45, 7) is 3.22. The summed E-state index contributed by atoms with van der Waals surface area (Å²) in [5, 5.41) is 0. The van der Waals surface area contributed by atoms with Crippen LogP contribution >= 0.6 is 0 Å². The quantitative estimate of drug-likeness (QED) is 0.864. The largest absolute Gasteiger partial charge is 0.460 e. The lowest BCUT2D eigenvalue weighted by atomic mass is 10.1. The summed E-state index contributed by atoms with van der Waals surface area (Å²) in [6, 6.07) is 13.6. The molecule has 1 aliphatic rings. The van der Waals surface area contributed by atoms with Crippen molar-refractivity contribution in [3.8, 4) is 0 Å². The van der Waals surface area contributed by atoms with E-state index in [-0.39, 0.29) is 4.90 Å². The van der Waals surface area contributed by atoms with E-state index < -0.39 is 28.1 Å². The smallest absolute Gasteiger partial charge is 0.302 e. The fraction of sp³-hybridized carbons (Fsp3) is 0.278. The Balaban J connectivity index is 1.93. The van der Waals surface area contributed by atoms with E-state index in [1.54, 1.807) is 24.3 Å². The first-order valence-electron chi connectivity index (χ1n) is 7.71. The van der Waals surface area contributed by atoms with Gasteiger partial charge in [-0.05, 0) is 30.2 Å². The molecule has 126 valence electrons. The zero-order valence-corrected chi connectivity index (χ0v) is 14.3. The van der Waals surface area contributed by atoms with E-state index in [2.05, 4.69) is 4.72 Å². The van der Waals surface area contributed by atoms with Gasteiger partial charge in [-0.1, -0.05) is 42.0 Å². The van der Waals surface area contributed by atoms with E-state index in [0.717, 1.165) is 16.7 Å². The molecule has 3 rings (SSSR count). The minimum Gasteiger partial charge on any atom is -0.460 e. The van der Waals surface area contributed by atoms with Gasteiger partial charge in [-0.15, -0.1) is 0 Å². The Morgan fingerprint density at radius 2 is 1.79 bits per heavy atom. The molecular weight excluding hydrogens is 326 g/mol. The minimum atomic E-state index is -3.71. The zero-order chi connectivity index (χ0) is 17.3. The molecule has 24 heavy (non-hydrogen) atoms. The fourth-order valence-corrected chi connectivity index (χ4v) is 4.22. The van der Waals surface area contributed by atoms with E-state index in [4.69, 9.17) is 4.74 Å². The maximum atomic E-state index is 12.7. The number of esters is 1. The number of ether oxygens (including phenoxy) is 1. The van der Waals surface area contributed by atoms with Gasteiger partial charge in [0.25, 0.3) is 0 Å². The molecule has 2 aromatic carbocycles. The number of aryl methyl sites for hydroxylation is 1. The van der Waals surface area contributed by atoms with Crippen LogP contribution in [-0.2, 0) is 26.0 Å². The first-order chi connectivity index (χ1) is 11.4. The Morgan fingerprint density at radius 1 is 1.12 bits per heavy atom. The van der Waals surface area contributed by atoms with Crippen molar-refractivity contribution >= 4 is 16.0 Å². The summed E-state index contributed by atoms with van der Waals surface area (Å²) in [5.41, 5.74) is 2.82. The van der Waals surface area contributed by atoms with Crippen molar-refractivity contribution in [2.75, 3.05) is 0 Å². The van der Waals surface area contributed by atoms with Crippen molar-refractivity contribution < 1.29 is 17.9 Å². The molecule has 0 fully saturated rings. The van der Waals surface area contributed by atoms with E-state index in [1.165, 1.54) is 6.92 Å². The molecular formula is C18H19NO4S. The number of sulfonamides is 1. The maximum Gasteiger partial charge on any atom is 0.302 e. The molecule has 0 amide bonds. The summed E-state index contributed by atoms with van der Waals surface area (Å²) in [6.07, 6.45) is -0.0447. The van der Waals surface area contributed by atoms with Gasteiger partial charge >= 0.3 is 5.97 Å². The van der Waals surface area contributed by atoms with Crippen molar-refractivity contribution in [1.29, 1.82) is 0 Å². The Hall–Kier alpha value is -2.18. The number of rotatable bonds is 4. The van der Waals surface area contributed by atoms with Crippen LogP contribution in [0.15, 0.2) is 53.4 Å². The molecule has 1 aliphatic carbocycles. The Labute approximate surface area is 141 Å². The van der Waals surface area contributed by atoms with E-state index >= 15 is 0 Å². The number of nitrogens with one attached hydrogen (secondary N) is 1. The Bertz CT molecular complexity index is 859. The molecule has 0 unspecified atom stereocenters. The normalized spacial score (nSPS) is 19.8. The van der Waals surface area contributed by atoms with Gasteiger partial charge in [0.1, 0.15) is 6.10 Å². The van der Waals surface area contributed by atoms with E-state index in [9.17, 15) is 13.2 Å². The van der Waals surface area contributed by atoms with Gasteiger partial charge in [0.2, 0.25) is 10.0 Å². The zero-order valence-electron chi connectivity index (χ0n) is 13.5. The van der Waals surface area contributed by atoms with Crippen LogP contribution in [0.5, 0.6) is 0 Å². The van der Waals surface area contributed by atoms with Gasteiger partial charge < -0.3 is 4.74 Å². The molecule has 1 N–H and O–H groups in total. The van der Waals surface area contributed by atoms with Gasteiger partial charge in [0, 0.05) is 13.3 Å². The van der Waals surface area contributed by atoms with Crippen LogP contribution in [0.4, 0.5) is 0 Å². The van der Waals surface area contributed by atoms with Crippen LogP contribution in [0.2, 0.25) is 0 Å². The maximum absolute atomic E-state index is 12.7. The predicted octanol–water partition coefficient (Wildman–Crippen LogP) is 2.50. The molecule has 0 aromatic heterocycles. The highest BCUT2D eigenvalue weighted by molar-refractivity contribution is 7.89. The lowest BCUT2D eigenvalue weighted by Gasteiger charge is -2.21. The second kappa shape index (κ2) is 6.37. The highest BCUT2D eigenvalue weighted by Gasteiger charge is 2.37. The highest BCUT2D eigenvalue weighted by atomic mass is 32.2. The first kappa shape index (κ1) is 16.7. The van der Waals surface area contributed by atoms with Gasteiger partial charge in [0.05, 0.1) is 10.9 Å². The molecule has 0 saturated heterocycles. The van der Waals surface area contributed by atoms with Gasteiger partial charge in [-0.25, -0.2) is 8.42 Å². The van der Waals surface area contributed by atoms with Crippen LogP contribution in [0, 0.1) is 6.92 Å². The molecule has 2 aromatic rings. The van der Waals surface area contributed by atoms with Crippen molar-refractivity contribution in [3.63, 3.8) is 0 Å². The van der Waals surface area contributed by atoms with Crippen LogP contribution < -0.4 is 4.72 Å². The number of hydrogen-bond acceptors (Lipinski definition) is 4. The summed E-state index contributed by atoms with van der Waals surface area (Å²) >= 11 is 0. The van der Waals surface area contributed by atoms with Gasteiger partial charge in [-0.3, -0.25) is 4.79 Å². The third-order valence-electron chi connectivity index (χ3n) is 4.11. The highest BCUT2D eigenvalue weighted by Crippen LogP contribution is 2.34. The minimum absolute atomic E-state index is 0.194. The third kappa shape index (κ3) is 3.34. The van der Waals surface area contributed by atoms with E-state index in [1.807, 2.05) is 31.2 Å². The first-order valence-corrected chi connectivity index (χ1v) is 9.19. The molecule has 0 saturated carbocycles. The van der Waals surface area contributed by atoms with E-state index in [0.29, 0.717) is 6.42 Å². The summed E-state index contributed by atoms with van der Waals surface area (Å²) in [7, 11) is -3.71. The summed E-state index contributed by atoms with van der Waals surface area (Å²) in [5.74, 6) is -0.424. The number of benzene rings is 2. The average molecular weight is 345 g/mol. The average Bonchev–Trinajstić information content (AvgIpc) is 2.84. The molecule has 6 heteroatoms. The van der Waals surface area contributed by atoms with Crippen molar-refractivity contribution in [2.24, 2.45) is 0 Å². The lowest BCUT2D eigenvalue weighted by molar-refractivity contribution is -0.147.